The Kier molecular flexibility index (Phi) is 6.16. The second-order valence-electron chi connectivity index (χ2n) is 4.98. The zero-order valence-electron chi connectivity index (χ0n) is 10.1. The van der Waals surface area contributed by atoms with Crippen molar-refractivity contribution in [2.45, 2.75) is 26.2 Å². The van der Waals surface area contributed by atoms with Gasteiger partial charge in [-0.25, -0.2) is 0 Å². The van der Waals surface area contributed by atoms with Crippen LogP contribution in [0.4, 0.5) is 0 Å². The maximum atomic E-state index is 11.5. The van der Waals surface area contributed by atoms with Gasteiger partial charge in [-0.2, -0.15) is 0 Å². The van der Waals surface area contributed by atoms with Crippen molar-refractivity contribution in [1.29, 1.82) is 0 Å². The zero-order valence-corrected chi connectivity index (χ0v) is 10.1. The van der Waals surface area contributed by atoms with Crippen molar-refractivity contribution in [3.63, 3.8) is 0 Å². The van der Waals surface area contributed by atoms with E-state index in [9.17, 15) is 19.8 Å². The van der Waals surface area contributed by atoms with Crippen molar-refractivity contribution in [2.75, 3.05) is 0 Å². The molecule has 1 aromatic rings. The molecule has 2 N–H and O–H groups in total. The van der Waals surface area contributed by atoms with Crippen molar-refractivity contribution in [1.82, 2.24) is 0 Å². The summed E-state index contributed by atoms with van der Waals surface area (Å²) < 4.78 is 0. The Hall–Kier alpha value is -0.269. The molecule has 0 heterocycles. The number of aliphatic carboxylic acids is 2. The van der Waals surface area contributed by atoms with Gasteiger partial charge in [0, 0.05) is 0 Å². The van der Waals surface area contributed by atoms with Gasteiger partial charge in [-0.3, -0.25) is 9.59 Å². The van der Waals surface area contributed by atoms with Crippen molar-refractivity contribution in [2.24, 2.45) is 5.41 Å². The van der Waals surface area contributed by atoms with Crippen LogP contribution in [0.2, 0.25) is 0 Å². The minimum absolute atomic E-state index is 0. The molecule has 4 nitrogen and oxygen atoms in total. The maximum absolute atomic E-state index is 11.5. The summed E-state index contributed by atoms with van der Waals surface area (Å²) in [7, 11) is 0. The zero-order chi connectivity index (χ0) is 13.3. The van der Waals surface area contributed by atoms with Crippen LogP contribution in [0.5, 0.6) is 0 Å². The van der Waals surface area contributed by atoms with E-state index >= 15 is 0 Å². The van der Waals surface area contributed by atoms with Crippen LogP contribution in [0, 0.1) is 5.41 Å². The minimum atomic E-state index is -1.94. The standard InChI is InChI=1S/C13H16O4.Ba.2H/c1-12(2,3)13(10(14)15,11(16)17)9-7-5-4-6-8-9;;;/h4-8H,1-3H3,(H,14,15)(H,16,17);;;. The van der Waals surface area contributed by atoms with E-state index in [2.05, 4.69) is 0 Å². The van der Waals surface area contributed by atoms with Crippen LogP contribution in [-0.4, -0.2) is 71.0 Å². The molecule has 0 bridgehead atoms. The molecule has 5 heteroatoms. The van der Waals surface area contributed by atoms with Crippen LogP contribution in [0.25, 0.3) is 0 Å². The van der Waals surface area contributed by atoms with Gasteiger partial charge in [0.05, 0.1) is 0 Å². The van der Waals surface area contributed by atoms with Gasteiger partial charge < -0.3 is 10.2 Å². The van der Waals surface area contributed by atoms with E-state index in [4.69, 9.17) is 0 Å². The quantitative estimate of drug-likeness (QED) is 0.615. The van der Waals surface area contributed by atoms with E-state index in [0.29, 0.717) is 0 Å². The molecule has 0 aromatic heterocycles. The third kappa shape index (κ3) is 2.83. The van der Waals surface area contributed by atoms with Crippen LogP contribution in [-0.2, 0) is 15.0 Å². The molecule has 96 valence electrons. The number of carbonyl (C=O) groups is 2. The van der Waals surface area contributed by atoms with Gasteiger partial charge in [-0.15, -0.1) is 0 Å². The number of carboxylic acids is 2. The van der Waals surface area contributed by atoms with Gasteiger partial charge >= 0.3 is 60.8 Å². The van der Waals surface area contributed by atoms with Crippen molar-refractivity contribution < 1.29 is 19.8 Å². The predicted octanol–water partition coefficient (Wildman–Crippen LogP) is 1.22. The Labute approximate surface area is 146 Å². The van der Waals surface area contributed by atoms with Crippen LogP contribution < -0.4 is 0 Å². The van der Waals surface area contributed by atoms with E-state index in [0.717, 1.165) is 0 Å². The molecule has 1 aromatic carbocycles. The summed E-state index contributed by atoms with van der Waals surface area (Å²) in [6.07, 6.45) is 0. The molecule has 0 aliphatic carbocycles. The first-order valence-electron chi connectivity index (χ1n) is 5.27. The van der Waals surface area contributed by atoms with Gasteiger partial charge in [0.2, 0.25) is 0 Å². The molecule has 0 radical (unpaired) electrons. The van der Waals surface area contributed by atoms with Gasteiger partial charge in [0.25, 0.3) is 0 Å². The first-order valence-corrected chi connectivity index (χ1v) is 5.27. The number of hydrogen-bond acceptors (Lipinski definition) is 2. The summed E-state index contributed by atoms with van der Waals surface area (Å²) in [6, 6.07) is 8.07. The molecule has 0 aliphatic rings. The molecule has 1 rings (SSSR count). The Morgan fingerprint density at radius 2 is 1.33 bits per heavy atom. The molecule has 0 unspecified atom stereocenters. The number of hydrogen-bond donors (Lipinski definition) is 2. The molecule has 0 atom stereocenters. The van der Waals surface area contributed by atoms with Crippen molar-refractivity contribution in [3.05, 3.63) is 35.9 Å². The number of rotatable bonds is 3. The summed E-state index contributed by atoms with van der Waals surface area (Å²) in [6.45, 7) is 4.84. The fourth-order valence-corrected chi connectivity index (χ4v) is 2.10. The SMILES string of the molecule is CC(C)(C)C(C(=O)O)(C(=O)O)c1ccccc1.[BaH2]. The van der Waals surface area contributed by atoms with E-state index in [1.165, 1.54) is 12.1 Å². The van der Waals surface area contributed by atoms with Crippen LogP contribution >= 0.6 is 0 Å². The molecular weight excluding hydrogens is 357 g/mol. The average molecular weight is 376 g/mol. The Morgan fingerprint density at radius 1 is 0.944 bits per heavy atom. The summed E-state index contributed by atoms with van der Waals surface area (Å²) in [4.78, 5) is 23.1. The fraction of sp³-hybridized carbons (Fsp3) is 0.385. The van der Waals surface area contributed by atoms with Crippen LogP contribution in [0.1, 0.15) is 26.3 Å². The molecule has 0 fully saturated rings. The summed E-state index contributed by atoms with van der Waals surface area (Å²) in [5, 5.41) is 18.8. The molecule has 0 saturated carbocycles. The monoisotopic (exact) mass is 376 g/mol. The van der Waals surface area contributed by atoms with Crippen LogP contribution in [0.3, 0.4) is 0 Å². The molecule has 0 aliphatic heterocycles. The first-order chi connectivity index (χ1) is 7.74. The topological polar surface area (TPSA) is 74.6 Å². The second kappa shape index (κ2) is 6.25. The van der Waals surface area contributed by atoms with Crippen molar-refractivity contribution in [3.8, 4) is 0 Å². The predicted molar refractivity (Wildman–Crippen MR) is 71.4 cm³/mol. The molecule has 0 saturated heterocycles. The summed E-state index contributed by atoms with van der Waals surface area (Å²) in [5.41, 5.74) is -2.59. The first kappa shape index (κ1) is 17.7. The van der Waals surface area contributed by atoms with Crippen LogP contribution in [0.15, 0.2) is 30.3 Å². The fourth-order valence-electron chi connectivity index (χ4n) is 2.10. The Morgan fingerprint density at radius 3 is 1.61 bits per heavy atom. The number of carboxylic acid groups (broad SMARTS) is 2. The van der Waals surface area contributed by atoms with Gasteiger partial charge in [-0.05, 0) is 11.0 Å². The van der Waals surface area contributed by atoms with E-state index < -0.39 is 22.8 Å². The molecular formula is C13H18BaO4. The summed E-state index contributed by atoms with van der Waals surface area (Å²) >= 11 is 0. The summed E-state index contributed by atoms with van der Waals surface area (Å²) in [5.74, 6) is -2.69. The molecule has 0 spiro atoms. The van der Waals surface area contributed by atoms with Gasteiger partial charge in [-0.1, -0.05) is 51.1 Å². The van der Waals surface area contributed by atoms with Gasteiger partial charge in [0.15, 0.2) is 5.41 Å². The van der Waals surface area contributed by atoms with E-state index in [-0.39, 0.29) is 54.4 Å². The van der Waals surface area contributed by atoms with E-state index in [1.54, 1.807) is 39.0 Å². The number of benzene rings is 1. The second-order valence-corrected chi connectivity index (χ2v) is 4.98. The molecule has 0 amide bonds. The average Bonchev–Trinajstić information content (AvgIpc) is 2.16. The van der Waals surface area contributed by atoms with E-state index in [1.807, 2.05) is 0 Å². The Bertz CT molecular complexity index is 420. The molecule has 18 heavy (non-hydrogen) atoms. The third-order valence-corrected chi connectivity index (χ3v) is 2.97. The van der Waals surface area contributed by atoms with Crippen molar-refractivity contribution >= 4 is 60.8 Å². The normalized spacial score (nSPS) is 11.5. The van der Waals surface area contributed by atoms with Gasteiger partial charge in [0.1, 0.15) is 0 Å². The third-order valence-electron chi connectivity index (χ3n) is 2.97. The Balaban J connectivity index is 0.00000289.